The number of hydrogen-bond acceptors (Lipinski definition) is 2. The quantitative estimate of drug-likeness (QED) is 0.837. The van der Waals surface area contributed by atoms with Gasteiger partial charge in [-0.05, 0) is 50.3 Å². The van der Waals surface area contributed by atoms with Gasteiger partial charge in [-0.1, -0.05) is 17.7 Å². The average Bonchev–Trinajstić information content (AvgIpc) is 2.43. The zero-order valence-electron chi connectivity index (χ0n) is 13.4. The van der Waals surface area contributed by atoms with Gasteiger partial charge in [0.1, 0.15) is 16.8 Å². The number of carbonyl (C=O) groups excluding carboxylic acids is 1. The van der Waals surface area contributed by atoms with Crippen molar-refractivity contribution in [1.82, 2.24) is 4.72 Å². The number of aliphatic carboxylic acids is 1. The second-order valence-electron chi connectivity index (χ2n) is 6.03. The van der Waals surface area contributed by atoms with Crippen LogP contribution in [-0.4, -0.2) is 28.0 Å². The first-order valence-electron chi connectivity index (χ1n) is 7.67. The first-order chi connectivity index (χ1) is 10.4. The number of amides is 1. The van der Waals surface area contributed by atoms with Crippen molar-refractivity contribution in [2.24, 2.45) is 0 Å². The topological polar surface area (TPSA) is 66.4 Å². The number of hydrogen-bond donors (Lipinski definition) is 2. The van der Waals surface area contributed by atoms with Crippen LogP contribution in [0.3, 0.4) is 0 Å². The fourth-order valence-corrected chi connectivity index (χ4v) is 5.17. The van der Waals surface area contributed by atoms with Gasteiger partial charge in [-0.3, -0.25) is 4.79 Å². The van der Waals surface area contributed by atoms with E-state index < -0.39 is 22.3 Å². The summed E-state index contributed by atoms with van der Waals surface area (Å²) >= 11 is -0.533. The minimum absolute atomic E-state index is 0.0634. The molecule has 1 fully saturated rings. The van der Waals surface area contributed by atoms with E-state index >= 15 is 0 Å². The predicted octanol–water partition coefficient (Wildman–Crippen LogP) is 2.44. The average molecular weight is 322 g/mol. The van der Waals surface area contributed by atoms with Gasteiger partial charge in [0.15, 0.2) is 0 Å². The molecule has 0 saturated carbocycles. The third-order valence-electron chi connectivity index (χ3n) is 4.12. The molecule has 1 aliphatic heterocycles. The van der Waals surface area contributed by atoms with Gasteiger partial charge in [-0.15, -0.1) is 0 Å². The highest BCUT2D eigenvalue weighted by molar-refractivity contribution is 7.96. The normalized spacial score (nSPS) is 21.4. The summed E-state index contributed by atoms with van der Waals surface area (Å²) in [5.41, 5.74) is 4.48. The summed E-state index contributed by atoms with van der Waals surface area (Å²) in [4.78, 5) is 23.6. The first kappa shape index (κ1) is 16.9. The molecule has 1 saturated heterocycles. The molecule has 4 nitrogen and oxygen atoms in total. The highest BCUT2D eigenvalue weighted by atomic mass is 32.2. The number of carboxylic acid groups (broad SMARTS) is 1. The molecule has 1 amide bonds. The number of rotatable bonds is 4. The first-order valence-corrected chi connectivity index (χ1v) is 9.13. The molecule has 0 radical (unpaired) electrons. The summed E-state index contributed by atoms with van der Waals surface area (Å²) in [6.07, 6.45) is 2.93. The van der Waals surface area contributed by atoms with Gasteiger partial charge in [-0.25, -0.2) is 4.79 Å². The molecular formula is C17H24NO3S+. The second kappa shape index (κ2) is 7.18. The van der Waals surface area contributed by atoms with E-state index in [4.69, 9.17) is 0 Å². The van der Waals surface area contributed by atoms with E-state index in [0.717, 1.165) is 35.3 Å². The van der Waals surface area contributed by atoms with Gasteiger partial charge >= 0.3 is 5.97 Å². The van der Waals surface area contributed by atoms with Crippen molar-refractivity contribution in [1.29, 1.82) is 0 Å². The van der Waals surface area contributed by atoms with Gasteiger partial charge in [0.05, 0.1) is 6.42 Å². The molecule has 1 heterocycles. The molecule has 0 aliphatic carbocycles. The number of benzene rings is 1. The minimum Gasteiger partial charge on any atom is -0.477 e. The zero-order valence-corrected chi connectivity index (χ0v) is 14.3. The van der Waals surface area contributed by atoms with Crippen LogP contribution in [-0.2, 0) is 27.1 Å². The minimum atomic E-state index is -0.786. The Morgan fingerprint density at radius 2 is 1.86 bits per heavy atom. The Balaban J connectivity index is 2.05. The van der Waals surface area contributed by atoms with Gasteiger partial charge in [-0.2, -0.15) is 4.72 Å². The molecule has 2 atom stereocenters. The fourth-order valence-electron chi connectivity index (χ4n) is 3.07. The van der Waals surface area contributed by atoms with Crippen molar-refractivity contribution in [3.63, 3.8) is 0 Å². The summed E-state index contributed by atoms with van der Waals surface area (Å²) < 4.78 is 2.98. The molecule has 0 spiro atoms. The van der Waals surface area contributed by atoms with Crippen LogP contribution >= 0.6 is 0 Å². The van der Waals surface area contributed by atoms with Crippen LogP contribution in [0.15, 0.2) is 12.1 Å². The van der Waals surface area contributed by atoms with Gasteiger partial charge in [0.2, 0.25) is 5.25 Å². The summed E-state index contributed by atoms with van der Waals surface area (Å²) in [6, 6.07) is 4.16. The van der Waals surface area contributed by atoms with E-state index in [1.54, 1.807) is 0 Å². The molecule has 1 aliphatic rings. The molecule has 2 N–H and O–H groups in total. The Morgan fingerprint density at radius 3 is 2.45 bits per heavy atom. The number of aryl methyl sites for hydroxylation is 3. The van der Waals surface area contributed by atoms with Crippen LogP contribution < -0.4 is 4.72 Å². The molecule has 0 aromatic heterocycles. The van der Waals surface area contributed by atoms with E-state index in [0.29, 0.717) is 12.8 Å². The number of nitrogens with one attached hydrogen (secondary N) is 1. The van der Waals surface area contributed by atoms with E-state index in [-0.39, 0.29) is 5.91 Å². The predicted molar refractivity (Wildman–Crippen MR) is 90.0 cm³/mol. The molecule has 5 heteroatoms. The summed E-state index contributed by atoms with van der Waals surface area (Å²) in [7, 11) is 0. The Hall–Kier alpha value is -1.49. The van der Waals surface area contributed by atoms with Crippen molar-refractivity contribution < 1.29 is 14.7 Å². The van der Waals surface area contributed by atoms with Crippen LogP contribution in [0.2, 0.25) is 0 Å². The van der Waals surface area contributed by atoms with E-state index in [1.165, 1.54) is 5.56 Å². The van der Waals surface area contributed by atoms with Crippen LogP contribution in [0, 0.1) is 20.8 Å². The van der Waals surface area contributed by atoms with E-state index in [9.17, 15) is 14.7 Å². The van der Waals surface area contributed by atoms with Crippen LogP contribution in [0.4, 0.5) is 0 Å². The van der Waals surface area contributed by atoms with Crippen molar-refractivity contribution in [2.75, 3.05) is 5.75 Å². The van der Waals surface area contributed by atoms with Crippen LogP contribution in [0.25, 0.3) is 0 Å². The lowest BCUT2D eigenvalue weighted by atomic mass is 9.97. The Labute approximate surface area is 134 Å². The fraction of sp³-hybridized carbons (Fsp3) is 0.529. The lowest BCUT2D eigenvalue weighted by molar-refractivity contribution is -0.136. The largest absolute Gasteiger partial charge is 0.477 e. The Kier molecular flexibility index (Phi) is 5.51. The van der Waals surface area contributed by atoms with E-state index in [1.807, 2.05) is 20.8 Å². The molecule has 22 heavy (non-hydrogen) atoms. The third-order valence-corrected chi connectivity index (χ3v) is 6.46. The highest BCUT2D eigenvalue weighted by Crippen LogP contribution is 2.21. The second-order valence-corrected chi connectivity index (χ2v) is 8.07. The Morgan fingerprint density at radius 1 is 1.23 bits per heavy atom. The lowest BCUT2D eigenvalue weighted by Gasteiger charge is -2.20. The molecule has 2 unspecified atom stereocenters. The highest BCUT2D eigenvalue weighted by Gasteiger charge is 2.41. The number of carbonyl (C=O) groups is 2. The molecule has 1 aromatic rings. The molecule has 1 aromatic carbocycles. The summed E-state index contributed by atoms with van der Waals surface area (Å²) in [5.74, 6) is -0.0632. The zero-order chi connectivity index (χ0) is 16.3. The van der Waals surface area contributed by atoms with Crippen molar-refractivity contribution in [3.05, 3.63) is 34.4 Å². The molecular weight excluding hydrogens is 298 g/mol. The Bertz CT molecular complexity index is 562. The standard InChI is InChI=1S/C17H23NO3S/c1-11-8-12(2)14(13(3)9-11)10-16(19)18-22-7-5-4-6-15(22)17(20)21/h8-9,15H,4-7,10H2,1-3H3,(H-,18,19,20,21)/p+1. The SMILES string of the molecule is Cc1cc(C)c(CC(=O)N[S+]2CCCCC2C(=O)O)c(C)c1. The van der Waals surface area contributed by atoms with Gasteiger partial charge < -0.3 is 5.11 Å². The molecule has 120 valence electrons. The number of carboxylic acids is 1. The van der Waals surface area contributed by atoms with Gasteiger partial charge in [0, 0.05) is 6.42 Å². The monoisotopic (exact) mass is 322 g/mol. The van der Waals surface area contributed by atoms with Crippen LogP contribution in [0.1, 0.15) is 41.5 Å². The van der Waals surface area contributed by atoms with Crippen LogP contribution in [0.5, 0.6) is 0 Å². The molecule has 0 bridgehead atoms. The third kappa shape index (κ3) is 4.03. The maximum absolute atomic E-state index is 12.3. The summed E-state index contributed by atoms with van der Waals surface area (Å²) in [5, 5.41) is 8.87. The van der Waals surface area contributed by atoms with Crippen molar-refractivity contribution in [3.8, 4) is 0 Å². The smallest absolute Gasteiger partial charge is 0.359 e. The van der Waals surface area contributed by atoms with Crippen molar-refractivity contribution in [2.45, 2.75) is 51.7 Å². The maximum Gasteiger partial charge on any atom is 0.359 e. The maximum atomic E-state index is 12.3. The van der Waals surface area contributed by atoms with Gasteiger partial charge in [0.25, 0.3) is 5.91 Å². The lowest BCUT2D eigenvalue weighted by Crippen LogP contribution is -2.46. The summed E-state index contributed by atoms with van der Waals surface area (Å²) in [6.45, 7) is 6.09. The van der Waals surface area contributed by atoms with E-state index in [2.05, 4.69) is 16.9 Å². The van der Waals surface area contributed by atoms with Crippen molar-refractivity contribution >= 4 is 23.0 Å². The molecule has 2 rings (SSSR count).